The lowest BCUT2D eigenvalue weighted by atomic mass is 9.77. The number of likely N-dealkylation sites (N-methyl/N-ethyl adjacent to an activating group) is 1. The second-order valence-corrected chi connectivity index (χ2v) is 10.1. The van der Waals surface area contributed by atoms with Crippen LogP contribution in [0.15, 0.2) is 24.3 Å². The Hall–Kier alpha value is -2.44. The molecule has 218 valence electrons. The number of nitrogens with zero attached hydrogens (tertiary/aromatic N) is 1. The molecule has 0 spiro atoms. The van der Waals surface area contributed by atoms with Gasteiger partial charge in [-0.2, -0.15) is 0 Å². The minimum Gasteiger partial charge on any atom is -0.491 e. The van der Waals surface area contributed by atoms with Crippen molar-refractivity contribution in [3.05, 3.63) is 29.8 Å². The summed E-state index contributed by atoms with van der Waals surface area (Å²) >= 11 is 0. The number of hydrogen-bond donors (Lipinski definition) is 2. The normalized spacial score (nSPS) is 12.7. The Labute approximate surface area is 225 Å². The number of ether oxygens (including phenoxy) is 6. The molecule has 0 fully saturated rings. The number of aliphatic carboxylic acids is 1. The predicted molar refractivity (Wildman–Crippen MR) is 141 cm³/mol. The standard InChI is InChI=1S/C27H45NO10/c1-26(2,3)38-25(32)28(6)23(24(30)31)27(4,5)21-7-9-22(10-8-21)37-20-19-36-18-17-35-16-15-34-14-13-33-12-11-29/h7-10,23,29H,11-20H2,1-6H3,(H,30,31)/t23-/m1/s1. The molecule has 0 radical (unpaired) electrons. The SMILES string of the molecule is CN(C(=O)OC(C)(C)C)[C@H](C(=O)O)C(C)(C)c1ccc(OCCOCCOCCOCCOCCO)cc1. The number of benzene rings is 1. The maximum atomic E-state index is 12.5. The third-order valence-corrected chi connectivity index (χ3v) is 5.43. The first-order valence-electron chi connectivity index (χ1n) is 12.7. The molecule has 0 aliphatic heterocycles. The average Bonchev–Trinajstić information content (AvgIpc) is 2.83. The second-order valence-electron chi connectivity index (χ2n) is 10.1. The molecule has 0 heterocycles. The Morgan fingerprint density at radius 2 is 1.24 bits per heavy atom. The first-order valence-corrected chi connectivity index (χ1v) is 12.7. The topological polar surface area (TPSA) is 133 Å². The van der Waals surface area contributed by atoms with Gasteiger partial charge in [0.1, 0.15) is 24.0 Å². The summed E-state index contributed by atoms with van der Waals surface area (Å²) in [6.45, 7) is 12.5. The minimum atomic E-state index is -1.14. The third kappa shape index (κ3) is 12.9. The zero-order valence-corrected chi connectivity index (χ0v) is 23.6. The first-order chi connectivity index (χ1) is 17.9. The van der Waals surface area contributed by atoms with Crippen molar-refractivity contribution in [2.75, 3.05) is 73.1 Å². The monoisotopic (exact) mass is 543 g/mol. The van der Waals surface area contributed by atoms with Gasteiger partial charge in [0.25, 0.3) is 0 Å². The average molecular weight is 544 g/mol. The van der Waals surface area contributed by atoms with Gasteiger partial charge in [-0.3, -0.25) is 4.90 Å². The Kier molecular flexibility index (Phi) is 15.2. The molecule has 1 aromatic rings. The quantitative estimate of drug-likeness (QED) is 0.251. The highest BCUT2D eigenvalue weighted by Gasteiger charge is 2.42. The Morgan fingerprint density at radius 3 is 1.66 bits per heavy atom. The fourth-order valence-corrected chi connectivity index (χ4v) is 3.58. The van der Waals surface area contributed by atoms with Crippen LogP contribution in [0.3, 0.4) is 0 Å². The van der Waals surface area contributed by atoms with Crippen LogP contribution in [0.5, 0.6) is 5.75 Å². The van der Waals surface area contributed by atoms with Gasteiger partial charge >= 0.3 is 12.1 Å². The summed E-state index contributed by atoms with van der Waals surface area (Å²) in [5.41, 5.74) is -0.902. The van der Waals surface area contributed by atoms with E-state index in [-0.39, 0.29) is 6.61 Å². The molecule has 0 unspecified atom stereocenters. The molecule has 0 saturated heterocycles. The molecule has 1 aromatic carbocycles. The van der Waals surface area contributed by atoms with E-state index < -0.39 is 29.1 Å². The van der Waals surface area contributed by atoms with Crippen LogP contribution in [0.1, 0.15) is 40.2 Å². The molecule has 38 heavy (non-hydrogen) atoms. The molecular formula is C27H45NO10. The fourth-order valence-electron chi connectivity index (χ4n) is 3.58. The maximum absolute atomic E-state index is 12.5. The molecule has 1 atom stereocenters. The van der Waals surface area contributed by atoms with Crippen LogP contribution in [0, 0.1) is 0 Å². The summed E-state index contributed by atoms with van der Waals surface area (Å²) in [5.74, 6) is -0.502. The summed E-state index contributed by atoms with van der Waals surface area (Å²) in [5, 5.41) is 18.5. The molecule has 0 aromatic heterocycles. The van der Waals surface area contributed by atoms with Crippen molar-refractivity contribution >= 4 is 12.1 Å². The van der Waals surface area contributed by atoms with Crippen molar-refractivity contribution in [1.29, 1.82) is 0 Å². The van der Waals surface area contributed by atoms with Gasteiger partial charge in [0.2, 0.25) is 0 Å². The van der Waals surface area contributed by atoms with E-state index in [9.17, 15) is 14.7 Å². The van der Waals surface area contributed by atoms with Crippen molar-refractivity contribution in [3.8, 4) is 5.75 Å². The summed E-state index contributed by atoms with van der Waals surface area (Å²) in [6, 6.07) is 5.98. The largest absolute Gasteiger partial charge is 0.491 e. The predicted octanol–water partition coefficient (Wildman–Crippen LogP) is 2.72. The first kappa shape index (κ1) is 33.6. The zero-order valence-electron chi connectivity index (χ0n) is 23.6. The summed E-state index contributed by atoms with van der Waals surface area (Å²) < 4.78 is 32.4. The van der Waals surface area contributed by atoms with Crippen molar-refractivity contribution in [2.45, 2.75) is 51.7 Å². The van der Waals surface area contributed by atoms with Gasteiger partial charge in [0, 0.05) is 12.5 Å². The van der Waals surface area contributed by atoms with Gasteiger partial charge in [-0.1, -0.05) is 26.0 Å². The number of carboxylic acid groups (broad SMARTS) is 1. The lowest BCUT2D eigenvalue weighted by Crippen LogP contribution is -2.54. The van der Waals surface area contributed by atoms with Crippen LogP contribution in [0.2, 0.25) is 0 Å². The zero-order chi connectivity index (χ0) is 28.6. The van der Waals surface area contributed by atoms with Gasteiger partial charge in [0.15, 0.2) is 0 Å². The number of rotatable bonds is 19. The van der Waals surface area contributed by atoms with Crippen molar-refractivity contribution < 1.29 is 48.2 Å². The number of carbonyl (C=O) groups is 2. The lowest BCUT2D eigenvalue weighted by Gasteiger charge is -2.38. The smallest absolute Gasteiger partial charge is 0.410 e. The number of amides is 1. The molecule has 1 amide bonds. The minimum absolute atomic E-state index is 0.00445. The van der Waals surface area contributed by atoms with Gasteiger partial charge in [-0.15, -0.1) is 0 Å². The molecule has 0 saturated carbocycles. The van der Waals surface area contributed by atoms with Crippen molar-refractivity contribution in [1.82, 2.24) is 4.90 Å². The van der Waals surface area contributed by atoms with Crippen LogP contribution in [0.25, 0.3) is 0 Å². The van der Waals surface area contributed by atoms with E-state index in [1.54, 1.807) is 58.9 Å². The van der Waals surface area contributed by atoms with E-state index in [0.717, 1.165) is 10.5 Å². The molecule has 1 rings (SSSR count). The van der Waals surface area contributed by atoms with Gasteiger partial charge < -0.3 is 38.6 Å². The van der Waals surface area contributed by atoms with E-state index in [2.05, 4.69) is 0 Å². The third-order valence-electron chi connectivity index (χ3n) is 5.43. The highest BCUT2D eigenvalue weighted by Crippen LogP contribution is 2.32. The van der Waals surface area contributed by atoms with Crippen LogP contribution in [-0.2, 0) is 33.9 Å². The molecular weight excluding hydrogens is 498 g/mol. The van der Waals surface area contributed by atoms with E-state index in [1.807, 2.05) is 0 Å². The van der Waals surface area contributed by atoms with E-state index in [4.69, 9.17) is 33.5 Å². The van der Waals surface area contributed by atoms with E-state index >= 15 is 0 Å². The Balaban J connectivity index is 2.40. The fraction of sp³-hybridized carbons (Fsp3) is 0.704. The van der Waals surface area contributed by atoms with Crippen molar-refractivity contribution in [3.63, 3.8) is 0 Å². The highest BCUT2D eigenvalue weighted by atomic mass is 16.6. The second kappa shape index (κ2) is 17.2. The van der Waals surface area contributed by atoms with E-state index in [1.165, 1.54) is 7.05 Å². The number of aliphatic hydroxyl groups excluding tert-OH is 1. The number of aliphatic hydroxyl groups is 1. The number of carboxylic acids is 1. The van der Waals surface area contributed by atoms with Gasteiger partial charge in [0.05, 0.1) is 59.5 Å². The number of carbonyl (C=O) groups excluding carboxylic acids is 1. The molecule has 11 nitrogen and oxygen atoms in total. The molecule has 0 aliphatic carbocycles. The summed E-state index contributed by atoms with van der Waals surface area (Å²) in [6.07, 6.45) is -0.697. The van der Waals surface area contributed by atoms with Gasteiger partial charge in [-0.25, -0.2) is 9.59 Å². The molecule has 2 N–H and O–H groups in total. The molecule has 0 bridgehead atoms. The summed E-state index contributed by atoms with van der Waals surface area (Å²) in [4.78, 5) is 25.8. The Morgan fingerprint density at radius 1 is 0.789 bits per heavy atom. The van der Waals surface area contributed by atoms with Crippen LogP contribution in [0.4, 0.5) is 4.79 Å². The maximum Gasteiger partial charge on any atom is 0.410 e. The van der Waals surface area contributed by atoms with Crippen LogP contribution in [-0.4, -0.2) is 112 Å². The Bertz CT molecular complexity index is 807. The van der Waals surface area contributed by atoms with Crippen LogP contribution < -0.4 is 4.74 Å². The molecule has 11 heteroatoms. The lowest BCUT2D eigenvalue weighted by molar-refractivity contribution is -0.145. The van der Waals surface area contributed by atoms with Crippen molar-refractivity contribution in [2.24, 2.45) is 0 Å². The molecule has 0 aliphatic rings. The summed E-state index contributed by atoms with van der Waals surface area (Å²) in [7, 11) is 1.43. The number of hydrogen-bond acceptors (Lipinski definition) is 9. The van der Waals surface area contributed by atoms with Crippen LogP contribution >= 0.6 is 0 Å². The highest BCUT2D eigenvalue weighted by molar-refractivity contribution is 5.82. The van der Waals surface area contributed by atoms with Gasteiger partial charge in [-0.05, 0) is 38.5 Å². The van der Waals surface area contributed by atoms with E-state index in [0.29, 0.717) is 65.2 Å².